The molecule has 0 saturated heterocycles. The van der Waals surface area contributed by atoms with Crippen LogP contribution in [0.1, 0.15) is 23.0 Å². The summed E-state index contributed by atoms with van der Waals surface area (Å²) in [5.41, 5.74) is 6.86. The van der Waals surface area contributed by atoms with Crippen LogP contribution in [0.4, 0.5) is 11.4 Å². The van der Waals surface area contributed by atoms with Crippen LogP contribution in [0.2, 0.25) is 15.2 Å². The fourth-order valence-electron chi connectivity index (χ4n) is 2.00. The van der Waals surface area contributed by atoms with Crippen LogP contribution in [0.3, 0.4) is 0 Å². The van der Waals surface area contributed by atoms with Crippen molar-refractivity contribution in [2.75, 3.05) is 17.7 Å². The lowest BCUT2D eigenvalue weighted by atomic mass is 10.1. The standard InChI is InChI=1S/C16H14Cl3N3O3/c1-2-8-5-3-4-6-9(8)21-10(23)7-25-16(24)14-11(17)13(20)12(18)15(19)22-14/h3-6H,2,7H2,1H3,(H2,20,22)(H,21,23). The highest BCUT2D eigenvalue weighted by molar-refractivity contribution is 6.46. The zero-order chi connectivity index (χ0) is 18.6. The molecule has 132 valence electrons. The molecule has 0 aliphatic rings. The quantitative estimate of drug-likeness (QED) is 0.582. The number of aromatic nitrogens is 1. The molecule has 9 heteroatoms. The van der Waals surface area contributed by atoms with Crippen LogP contribution in [0.5, 0.6) is 0 Å². The van der Waals surface area contributed by atoms with Gasteiger partial charge in [-0.1, -0.05) is 59.9 Å². The number of aryl methyl sites for hydroxylation is 1. The Bertz CT molecular complexity index is 828. The van der Waals surface area contributed by atoms with E-state index in [9.17, 15) is 9.59 Å². The van der Waals surface area contributed by atoms with Crippen LogP contribution in [-0.2, 0) is 16.0 Å². The minimum atomic E-state index is -0.936. The van der Waals surface area contributed by atoms with E-state index in [-0.39, 0.29) is 26.6 Å². The van der Waals surface area contributed by atoms with Crippen molar-refractivity contribution in [1.82, 2.24) is 4.98 Å². The Balaban J connectivity index is 2.04. The number of amides is 1. The average molecular weight is 403 g/mol. The number of carbonyl (C=O) groups is 2. The summed E-state index contributed by atoms with van der Waals surface area (Å²) < 4.78 is 4.91. The molecule has 1 aromatic carbocycles. The van der Waals surface area contributed by atoms with Crippen molar-refractivity contribution in [3.05, 3.63) is 50.7 Å². The molecule has 25 heavy (non-hydrogen) atoms. The van der Waals surface area contributed by atoms with Gasteiger partial charge in [0.15, 0.2) is 17.5 Å². The summed E-state index contributed by atoms with van der Waals surface area (Å²) in [6, 6.07) is 7.32. The van der Waals surface area contributed by atoms with E-state index in [2.05, 4.69) is 10.3 Å². The van der Waals surface area contributed by atoms with Crippen LogP contribution in [-0.4, -0.2) is 23.5 Å². The molecule has 3 N–H and O–H groups in total. The Morgan fingerprint density at radius 2 is 1.88 bits per heavy atom. The van der Waals surface area contributed by atoms with Gasteiger partial charge in [-0.05, 0) is 18.1 Å². The zero-order valence-electron chi connectivity index (χ0n) is 13.1. The smallest absolute Gasteiger partial charge is 0.359 e. The lowest BCUT2D eigenvalue weighted by molar-refractivity contribution is -0.119. The van der Waals surface area contributed by atoms with Crippen LogP contribution < -0.4 is 11.1 Å². The molecule has 0 fully saturated rings. The molecule has 1 aromatic heterocycles. The maximum absolute atomic E-state index is 12.1. The highest BCUT2D eigenvalue weighted by Gasteiger charge is 2.21. The Hall–Kier alpha value is -2.02. The number of nitrogens with one attached hydrogen (secondary N) is 1. The number of rotatable bonds is 5. The number of esters is 1. The predicted molar refractivity (Wildman–Crippen MR) is 98.4 cm³/mol. The predicted octanol–water partition coefficient (Wildman–Crippen LogP) is 3.98. The number of pyridine rings is 1. The number of anilines is 2. The first-order valence-electron chi connectivity index (χ1n) is 7.20. The summed E-state index contributed by atoms with van der Waals surface area (Å²) in [6.07, 6.45) is 0.748. The van der Waals surface area contributed by atoms with Crippen molar-refractivity contribution in [3.63, 3.8) is 0 Å². The Morgan fingerprint density at radius 1 is 1.20 bits per heavy atom. The van der Waals surface area contributed by atoms with E-state index in [1.54, 1.807) is 12.1 Å². The number of ether oxygens (including phenoxy) is 1. The van der Waals surface area contributed by atoms with Crippen molar-refractivity contribution in [3.8, 4) is 0 Å². The maximum Gasteiger partial charge on any atom is 0.359 e. The van der Waals surface area contributed by atoms with Gasteiger partial charge in [-0.3, -0.25) is 4.79 Å². The molecule has 0 aliphatic carbocycles. The Morgan fingerprint density at radius 3 is 2.56 bits per heavy atom. The van der Waals surface area contributed by atoms with Gasteiger partial charge in [-0.15, -0.1) is 0 Å². The number of para-hydroxylation sites is 1. The molecule has 6 nitrogen and oxygen atoms in total. The monoisotopic (exact) mass is 401 g/mol. The van der Waals surface area contributed by atoms with Crippen LogP contribution in [0.15, 0.2) is 24.3 Å². The van der Waals surface area contributed by atoms with E-state index >= 15 is 0 Å². The van der Waals surface area contributed by atoms with E-state index in [1.807, 2.05) is 19.1 Å². The molecular formula is C16H14Cl3N3O3. The minimum absolute atomic E-state index is 0.0582. The van der Waals surface area contributed by atoms with Gasteiger partial charge in [0.2, 0.25) is 0 Å². The number of nitrogens with two attached hydrogens (primary N) is 1. The van der Waals surface area contributed by atoms with Gasteiger partial charge in [0.25, 0.3) is 5.91 Å². The minimum Gasteiger partial charge on any atom is -0.451 e. The second kappa shape index (κ2) is 8.38. The third-order valence-corrected chi connectivity index (χ3v) is 4.41. The summed E-state index contributed by atoms with van der Waals surface area (Å²) in [5.74, 6) is -1.44. The number of carbonyl (C=O) groups excluding carboxylic acids is 2. The van der Waals surface area contributed by atoms with Gasteiger partial charge in [-0.2, -0.15) is 0 Å². The summed E-state index contributed by atoms with van der Waals surface area (Å²) in [5, 5.41) is 2.25. The van der Waals surface area contributed by atoms with Crippen molar-refractivity contribution >= 4 is 58.1 Å². The fourth-order valence-corrected chi connectivity index (χ4v) is 2.59. The van der Waals surface area contributed by atoms with Crippen molar-refractivity contribution in [2.24, 2.45) is 0 Å². The van der Waals surface area contributed by atoms with Gasteiger partial charge in [0, 0.05) is 5.69 Å². The largest absolute Gasteiger partial charge is 0.451 e. The molecule has 0 spiro atoms. The molecule has 2 rings (SSSR count). The molecule has 0 radical (unpaired) electrons. The molecule has 0 unspecified atom stereocenters. The number of hydrogen-bond donors (Lipinski definition) is 2. The van der Waals surface area contributed by atoms with Crippen molar-refractivity contribution in [2.45, 2.75) is 13.3 Å². The van der Waals surface area contributed by atoms with E-state index in [1.165, 1.54) is 0 Å². The second-order valence-corrected chi connectivity index (χ2v) is 6.04. The number of halogens is 3. The van der Waals surface area contributed by atoms with Crippen molar-refractivity contribution < 1.29 is 14.3 Å². The Kier molecular flexibility index (Phi) is 6.47. The lowest BCUT2D eigenvalue weighted by Crippen LogP contribution is -2.22. The van der Waals surface area contributed by atoms with Gasteiger partial charge >= 0.3 is 5.97 Å². The van der Waals surface area contributed by atoms with Gasteiger partial charge < -0.3 is 15.8 Å². The third kappa shape index (κ3) is 4.54. The SMILES string of the molecule is CCc1ccccc1NC(=O)COC(=O)c1nc(Cl)c(Cl)c(N)c1Cl. The molecule has 0 bridgehead atoms. The Labute approximate surface area is 159 Å². The first kappa shape index (κ1) is 19.3. The summed E-state index contributed by atoms with van der Waals surface area (Å²) >= 11 is 17.5. The molecule has 1 heterocycles. The molecule has 0 aliphatic heterocycles. The van der Waals surface area contributed by atoms with Crippen molar-refractivity contribution in [1.29, 1.82) is 0 Å². The molecule has 0 saturated carbocycles. The number of benzene rings is 1. The zero-order valence-corrected chi connectivity index (χ0v) is 15.4. The van der Waals surface area contributed by atoms with E-state index < -0.39 is 18.5 Å². The molecule has 2 aromatic rings. The van der Waals surface area contributed by atoms with Gasteiger partial charge in [0.1, 0.15) is 5.02 Å². The second-order valence-electron chi connectivity index (χ2n) is 4.93. The third-order valence-electron chi connectivity index (χ3n) is 3.27. The summed E-state index contributed by atoms with van der Waals surface area (Å²) in [6.45, 7) is 1.45. The van der Waals surface area contributed by atoms with Crippen LogP contribution >= 0.6 is 34.8 Å². The maximum atomic E-state index is 12.1. The lowest BCUT2D eigenvalue weighted by Gasteiger charge is -2.11. The summed E-state index contributed by atoms with van der Waals surface area (Å²) in [7, 11) is 0. The van der Waals surface area contributed by atoms with Crippen LogP contribution in [0, 0.1) is 0 Å². The van der Waals surface area contributed by atoms with Gasteiger partial charge in [0.05, 0.1) is 10.7 Å². The van der Waals surface area contributed by atoms with E-state index in [0.717, 1.165) is 12.0 Å². The topological polar surface area (TPSA) is 94.3 Å². The number of hydrogen-bond acceptors (Lipinski definition) is 5. The fraction of sp³-hybridized carbons (Fsp3) is 0.188. The normalized spacial score (nSPS) is 10.4. The first-order chi connectivity index (χ1) is 11.8. The molecule has 1 amide bonds. The molecular weight excluding hydrogens is 389 g/mol. The average Bonchev–Trinajstić information content (AvgIpc) is 2.61. The number of nitrogen functional groups attached to an aromatic ring is 1. The number of nitrogens with zero attached hydrogens (tertiary/aromatic N) is 1. The van der Waals surface area contributed by atoms with E-state index in [0.29, 0.717) is 5.69 Å². The first-order valence-corrected chi connectivity index (χ1v) is 8.33. The highest BCUT2D eigenvalue weighted by atomic mass is 35.5. The van der Waals surface area contributed by atoms with E-state index in [4.69, 9.17) is 45.3 Å². The molecule has 0 atom stereocenters. The van der Waals surface area contributed by atoms with Crippen LogP contribution in [0.25, 0.3) is 0 Å². The van der Waals surface area contributed by atoms with Gasteiger partial charge in [-0.25, -0.2) is 9.78 Å². The summed E-state index contributed by atoms with van der Waals surface area (Å²) in [4.78, 5) is 27.8. The highest BCUT2D eigenvalue weighted by Crippen LogP contribution is 2.34.